The van der Waals surface area contributed by atoms with Crippen LogP contribution in [0.15, 0.2) is 11.6 Å². The van der Waals surface area contributed by atoms with Crippen molar-refractivity contribution in [1.29, 1.82) is 0 Å². The molecule has 0 radical (unpaired) electrons. The van der Waals surface area contributed by atoms with Gasteiger partial charge in [-0.3, -0.25) is 20.4 Å². The van der Waals surface area contributed by atoms with Gasteiger partial charge in [0.05, 0.1) is 6.10 Å². The number of hydrogen-bond acceptors (Lipinski definition) is 3. The molecule has 0 bridgehead atoms. The van der Waals surface area contributed by atoms with E-state index in [1.54, 1.807) is 0 Å². The van der Waals surface area contributed by atoms with Crippen LogP contribution in [0.4, 0.5) is 0 Å². The molecule has 5 rings (SSSR count). The molecule has 0 aromatic heterocycles. The normalized spacial score (nSPS) is 52.0. The molecule has 8 atom stereocenters. The zero-order valence-corrected chi connectivity index (χ0v) is 16.7. The van der Waals surface area contributed by atoms with E-state index >= 15 is 0 Å². The summed E-state index contributed by atoms with van der Waals surface area (Å²) in [6.45, 7) is 6.09. The molecule has 0 aromatic carbocycles. The molecule has 1 spiro atoms. The molecular weight excluding hydrogens is 340 g/mol. The molecule has 5 aliphatic carbocycles. The summed E-state index contributed by atoms with van der Waals surface area (Å²) < 4.78 is 0. The molecule has 2 amide bonds. The Morgan fingerprint density at radius 3 is 2.63 bits per heavy atom. The van der Waals surface area contributed by atoms with Crippen molar-refractivity contribution in [2.45, 2.75) is 71.8 Å². The van der Waals surface area contributed by atoms with Crippen molar-refractivity contribution in [3.8, 4) is 0 Å². The fourth-order valence-corrected chi connectivity index (χ4v) is 8.44. The standard InChI is InChI=1S/C22H32N2O3/c1-12(25)23-24-19(27)17-5-4-15-14-10-18(26)22-11-13(22)6-9-21(22,3)16(14)7-8-20(15,17)2/h5,13-16,18,26H,4,6-11H2,1-3H3,(H,23,25)(H,24,27)/t13-,14+,15+,16+,18-,20+,21-,22+/m1/s1. The summed E-state index contributed by atoms with van der Waals surface area (Å²) in [5.74, 6) is 1.93. The van der Waals surface area contributed by atoms with Crippen molar-refractivity contribution in [3.05, 3.63) is 11.6 Å². The number of rotatable bonds is 1. The maximum absolute atomic E-state index is 12.7. The molecule has 5 nitrogen and oxygen atoms in total. The number of carbonyl (C=O) groups excluding carboxylic acids is 2. The van der Waals surface area contributed by atoms with E-state index in [1.807, 2.05) is 0 Å². The third kappa shape index (κ3) is 2.04. The Morgan fingerprint density at radius 1 is 1.15 bits per heavy atom. The summed E-state index contributed by atoms with van der Waals surface area (Å²) >= 11 is 0. The van der Waals surface area contributed by atoms with Crippen LogP contribution < -0.4 is 10.9 Å². The highest BCUT2D eigenvalue weighted by molar-refractivity contribution is 5.96. The average molecular weight is 373 g/mol. The Hall–Kier alpha value is -1.36. The second kappa shape index (κ2) is 5.37. The summed E-state index contributed by atoms with van der Waals surface area (Å²) in [4.78, 5) is 23.8. The van der Waals surface area contributed by atoms with E-state index in [1.165, 1.54) is 26.2 Å². The number of allylic oxidation sites excluding steroid dienone is 1. The van der Waals surface area contributed by atoms with Crippen LogP contribution in [0.2, 0.25) is 0 Å². The predicted octanol–water partition coefficient (Wildman–Crippen LogP) is 2.70. The van der Waals surface area contributed by atoms with E-state index < -0.39 is 0 Å². The zero-order valence-electron chi connectivity index (χ0n) is 16.7. The second-order valence-electron chi connectivity index (χ2n) is 10.5. The summed E-state index contributed by atoms with van der Waals surface area (Å²) in [7, 11) is 0. The predicted molar refractivity (Wildman–Crippen MR) is 101 cm³/mol. The fourth-order valence-electron chi connectivity index (χ4n) is 8.44. The lowest BCUT2D eigenvalue weighted by molar-refractivity contribution is -0.145. The number of nitrogens with one attached hydrogen (secondary N) is 2. The smallest absolute Gasteiger partial charge is 0.265 e. The highest BCUT2D eigenvalue weighted by Gasteiger charge is 2.76. The molecule has 0 unspecified atom stereocenters. The van der Waals surface area contributed by atoms with Gasteiger partial charge in [-0.2, -0.15) is 0 Å². The van der Waals surface area contributed by atoms with Crippen molar-refractivity contribution in [2.24, 2.45) is 39.9 Å². The number of fused-ring (bicyclic) bond motifs is 4. The third-order valence-electron chi connectivity index (χ3n) is 9.75. The van der Waals surface area contributed by atoms with Gasteiger partial charge < -0.3 is 5.11 Å². The van der Waals surface area contributed by atoms with Gasteiger partial charge in [-0.25, -0.2) is 0 Å². The van der Waals surface area contributed by atoms with Gasteiger partial charge in [0, 0.05) is 23.3 Å². The second-order valence-corrected chi connectivity index (χ2v) is 10.5. The molecular formula is C22H32N2O3. The Balaban J connectivity index is 1.41. The molecule has 0 aliphatic heterocycles. The first-order valence-electron chi connectivity index (χ1n) is 10.7. The first kappa shape index (κ1) is 17.7. The van der Waals surface area contributed by atoms with Gasteiger partial charge in [-0.1, -0.05) is 19.9 Å². The lowest BCUT2D eigenvalue weighted by Crippen LogP contribution is -2.56. The molecule has 0 saturated heterocycles. The fraction of sp³-hybridized carbons (Fsp3) is 0.818. The average Bonchev–Trinajstić information content (AvgIpc) is 3.14. The van der Waals surface area contributed by atoms with Crippen LogP contribution in [0.5, 0.6) is 0 Å². The SMILES string of the molecule is CC(=O)NNC(=O)C1=CC[C@H]2[C@@H]3C[C@@H](O)[C@]45C[C@H]4CC[C@]5(C)[C@H]3CC[C@]12C. The van der Waals surface area contributed by atoms with E-state index in [-0.39, 0.29) is 34.2 Å². The van der Waals surface area contributed by atoms with Gasteiger partial charge in [-0.15, -0.1) is 0 Å². The van der Waals surface area contributed by atoms with Crippen molar-refractivity contribution < 1.29 is 14.7 Å². The molecule has 4 saturated carbocycles. The molecule has 0 aromatic rings. The first-order chi connectivity index (χ1) is 12.7. The van der Waals surface area contributed by atoms with Crippen LogP contribution in [0, 0.1) is 39.9 Å². The largest absolute Gasteiger partial charge is 0.393 e. The summed E-state index contributed by atoms with van der Waals surface area (Å²) in [5, 5.41) is 11.2. The molecule has 0 heterocycles. The summed E-state index contributed by atoms with van der Waals surface area (Å²) in [5.41, 5.74) is 6.16. The highest BCUT2D eigenvalue weighted by atomic mass is 16.3. The van der Waals surface area contributed by atoms with Gasteiger partial charge in [0.25, 0.3) is 5.91 Å². The van der Waals surface area contributed by atoms with Crippen molar-refractivity contribution in [1.82, 2.24) is 10.9 Å². The topological polar surface area (TPSA) is 78.4 Å². The Labute approximate surface area is 161 Å². The maximum atomic E-state index is 12.7. The lowest BCUT2D eigenvalue weighted by atomic mass is 9.45. The number of aliphatic hydroxyl groups is 1. The first-order valence-corrected chi connectivity index (χ1v) is 10.7. The molecule has 4 fully saturated rings. The van der Waals surface area contributed by atoms with Crippen LogP contribution in [0.25, 0.3) is 0 Å². The monoisotopic (exact) mass is 372 g/mol. The highest BCUT2D eigenvalue weighted by Crippen LogP contribution is 2.81. The number of aliphatic hydroxyl groups excluding tert-OH is 1. The van der Waals surface area contributed by atoms with E-state index in [4.69, 9.17) is 0 Å². The third-order valence-corrected chi connectivity index (χ3v) is 9.75. The number of carbonyl (C=O) groups is 2. The number of hydrazine groups is 1. The van der Waals surface area contributed by atoms with Gasteiger partial charge >= 0.3 is 0 Å². The minimum atomic E-state index is -0.263. The van der Waals surface area contributed by atoms with Crippen molar-refractivity contribution >= 4 is 11.8 Å². The van der Waals surface area contributed by atoms with Crippen LogP contribution in [0.1, 0.15) is 65.7 Å². The molecule has 3 N–H and O–H groups in total. The molecule has 5 heteroatoms. The zero-order chi connectivity index (χ0) is 19.2. The summed E-state index contributed by atoms with van der Waals surface area (Å²) in [6.07, 6.45) is 9.73. The Bertz CT molecular complexity index is 748. The van der Waals surface area contributed by atoms with Gasteiger partial charge in [0.1, 0.15) is 0 Å². The Morgan fingerprint density at radius 2 is 1.93 bits per heavy atom. The minimum absolute atomic E-state index is 0.147. The van der Waals surface area contributed by atoms with E-state index in [2.05, 4.69) is 30.8 Å². The van der Waals surface area contributed by atoms with Gasteiger partial charge in [0.15, 0.2) is 0 Å². The van der Waals surface area contributed by atoms with Crippen molar-refractivity contribution in [2.75, 3.05) is 0 Å². The number of hydrogen-bond donors (Lipinski definition) is 3. The Kier molecular flexibility index (Phi) is 3.52. The van der Waals surface area contributed by atoms with E-state index in [9.17, 15) is 14.7 Å². The molecule has 27 heavy (non-hydrogen) atoms. The summed E-state index contributed by atoms with van der Waals surface area (Å²) in [6, 6.07) is 0. The maximum Gasteiger partial charge on any atom is 0.265 e. The quantitative estimate of drug-likeness (QED) is 0.619. The van der Waals surface area contributed by atoms with Crippen LogP contribution in [0.3, 0.4) is 0 Å². The number of amides is 2. The molecule has 5 aliphatic rings. The van der Waals surface area contributed by atoms with E-state index in [0.29, 0.717) is 17.8 Å². The lowest BCUT2D eigenvalue weighted by Gasteiger charge is -2.59. The molecule has 148 valence electrons. The van der Waals surface area contributed by atoms with Crippen LogP contribution >= 0.6 is 0 Å². The van der Waals surface area contributed by atoms with Gasteiger partial charge in [-0.05, 0) is 74.0 Å². The van der Waals surface area contributed by atoms with Crippen molar-refractivity contribution in [3.63, 3.8) is 0 Å². The van der Waals surface area contributed by atoms with Crippen LogP contribution in [-0.2, 0) is 9.59 Å². The van der Waals surface area contributed by atoms with Gasteiger partial charge in [0.2, 0.25) is 5.91 Å². The van der Waals surface area contributed by atoms with E-state index in [0.717, 1.165) is 37.2 Å². The minimum Gasteiger partial charge on any atom is -0.393 e. The van der Waals surface area contributed by atoms with Crippen LogP contribution in [-0.4, -0.2) is 23.0 Å².